The van der Waals surface area contributed by atoms with Crippen molar-refractivity contribution in [2.75, 3.05) is 20.2 Å². The molecular formula is C25H33N3O4. The number of aryl methyl sites for hydroxylation is 1. The number of hydrogen-bond acceptors (Lipinski definition) is 6. The van der Waals surface area contributed by atoms with Gasteiger partial charge < -0.3 is 19.1 Å². The number of nitrogens with zero attached hydrogens (tertiary/aromatic N) is 3. The Bertz CT molecular complexity index is 926. The van der Waals surface area contributed by atoms with Crippen LogP contribution >= 0.6 is 0 Å². The van der Waals surface area contributed by atoms with Crippen LogP contribution in [-0.2, 0) is 9.47 Å². The van der Waals surface area contributed by atoms with Crippen LogP contribution in [0.1, 0.15) is 67.4 Å². The average molecular weight is 440 g/mol. The molecule has 7 nitrogen and oxygen atoms in total. The Morgan fingerprint density at radius 1 is 1.25 bits per heavy atom. The number of carbonyl (C=O) groups is 1. The lowest BCUT2D eigenvalue weighted by molar-refractivity contribution is -0.186. The predicted octanol–water partition coefficient (Wildman–Crippen LogP) is 4.11. The molecule has 2 unspecified atom stereocenters. The Morgan fingerprint density at radius 3 is 2.66 bits per heavy atom. The first-order chi connectivity index (χ1) is 15.4. The molecule has 7 heteroatoms. The van der Waals surface area contributed by atoms with Crippen LogP contribution < -0.4 is 4.74 Å². The van der Waals surface area contributed by atoms with Gasteiger partial charge in [-0.3, -0.25) is 9.78 Å². The summed E-state index contributed by atoms with van der Waals surface area (Å²) in [7, 11) is 1.77. The van der Waals surface area contributed by atoms with E-state index in [-0.39, 0.29) is 29.8 Å². The first-order valence-corrected chi connectivity index (χ1v) is 11.4. The summed E-state index contributed by atoms with van der Waals surface area (Å²) in [6.07, 6.45) is 7.04. The summed E-state index contributed by atoms with van der Waals surface area (Å²) in [5, 5.41) is 0. The van der Waals surface area contributed by atoms with E-state index in [0.717, 1.165) is 42.7 Å². The molecule has 1 amide bonds. The zero-order chi connectivity index (χ0) is 22.7. The summed E-state index contributed by atoms with van der Waals surface area (Å²) in [4.78, 5) is 23.8. The predicted molar refractivity (Wildman–Crippen MR) is 121 cm³/mol. The Labute approximate surface area is 190 Å². The molecule has 0 saturated carbocycles. The summed E-state index contributed by atoms with van der Waals surface area (Å²) in [5.41, 5.74) is 1.99. The van der Waals surface area contributed by atoms with E-state index in [2.05, 4.69) is 16.0 Å². The summed E-state index contributed by atoms with van der Waals surface area (Å²) in [6, 6.07) is 7.60. The molecule has 4 rings (SSSR count). The zero-order valence-electron chi connectivity index (χ0n) is 19.4. The van der Waals surface area contributed by atoms with Crippen molar-refractivity contribution in [1.29, 1.82) is 0 Å². The molecule has 2 aromatic rings. The van der Waals surface area contributed by atoms with Gasteiger partial charge in [-0.05, 0) is 57.4 Å². The number of ether oxygens (including phenoxy) is 3. The zero-order valence-corrected chi connectivity index (χ0v) is 19.4. The van der Waals surface area contributed by atoms with E-state index in [1.54, 1.807) is 19.4 Å². The van der Waals surface area contributed by atoms with Gasteiger partial charge in [0.15, 0.2) is 0 Å². The van der Waals surface area contributed by atoms with Crippen molar-refractivity contribution >= 4 is 5.91 Å². The van der Waals surface area contributed by atoms with E-state index in [9.17, 15) is 4.79 Å². The third-order valence-electron chi connectivity index (χ3n) is 6.44. The van der Waals surface area contributed by atoms with Crippen LogP contribution in [0.2, 0.25) is 0 Å². The Balaban J connectivity index is 1.43. The highest BCUT2D eigenvalue weighted by molar-refractivity contribution is 5.92. The van der Waals surface area contributed by atoms with E-state index in [1.165, 1.54) is 0 Å². The Morgan fingerprint density at radius 2 is 2.03 bits per heavy atom. The van der Waals surface area contributed by atoms with Crippen LogP contribution in [0.3, 0.4) is 0 Å². The van der Waals surface area contributed by atoms with Crippen LogP contribution in [0.4, 0.5) is 0 Å². The molecule has 0 aromatic carbocycles. The molecule has 0 radical (unpaired) electrons. The minimum atomic E-state index is -0.283. The van der Waals surface area contributed by atoms with Crippen LogP contribution in [0.25, 0.3) is 0 Å². The van der Waals surface area contributed by atoms with Gasteiger partial charge in [-0.25, -0.2) is 4.98 Å². The lowest BCUT2D eigenvalue weighted by Crippen LogP contribution is -2.52. The lowest BCUT2D eigenvalue weighted by Gasteiger charge is -2.48. The topological polar surface area (TPSA) is 73.8 Å². The molecule has 172 valence electrons. The third-order valence-corrected chi connectivity index (χ3v) is 6.44. The smallest absolute Gasteiger partial charge is 0.272 e. The second kappa shape index (κ2) is 9.55. The van der Waals surface area contributed by atoms with Gasteiger partial charge in [0, 0.05) is 45.4 Å². The first kappa shape index (κ1) is 22.7. The molecule has 2 atom stereocenters. The molecule has 2 aliphatic heterocycles. The number of methoxy groups -OCH3 is 1. The molecule has 2 fully saturated rings. The normalized spacial score (nSPS) is 22.8. The van der Waals surface area contributed by atoms with E-state index >= 15 is 0 Å². The highest BCUT2D eigenvalue weighted by atomic mass is 16.5. The van der Waals surface area contributed by atoms with Crippen molar-refractivity contribution in [3.8, 4) is 5.75 Å². The van der Waals surface area contributed by atoms with Crippen LogP contribution in [-0.4, -0.2) is 58.8 Å². The Hall–Kier alpha value is -2.51. The molecule has 0 N–H and O–H groups in total. The number of likely N-dealkylation sites (tertiary alicyclic amines) is 1. The molecule has 2 saturated heterocycles. The number of hydrogen-bond donors (Lipinski definition) is 0. The second-order valence-electron chi connectivity index (χ2n) is 9.11. The molecule has 0 aliphatic carbocycles. The Kier molecular flexibility index (Phi) is 6.76. The van der Waals surface area contributed by atoms with E-state index in [0.29, 0.717) is 18.8 Å². The molecule has 2 aromatic heterocycles. The molecule has 0 bridgehead atoms. The number of amides is 1. The van der Waals surface area contributed by atoms with Gasteiger partial charge in [0.1, 0.15) is 11.4 Å². The van der Waals surface area contributed by atoms with Gasteiger partial charge in [0.25, 0.3) is 5.91 Å². The highest BCUT2D eigenvalue weighted by Crippen LogP contribution is 2.43. The standard InChI is InChI=1S/C25H33N3O4/c1-17(2)31-22-8-7-21(27-18(22)3)24(29)28-12-9-25(10-13-28)15-20(30-4)14-23(32-25)19-6-5-11-26-16-19/h5-8,11,16-17,20,23H,9-10,12-15H2,1-4H3. The number of pyridine rings is 2. The fourth-order valence-corrected chi connectivity index (χ4v) is 4.73. The van der Waals surface area contributed by atoms with Gasteiger partial charge in [-0.1, -0.05) is 6.07 Å². The largest absolute Gasteiger partial charge is 0.489 e. The van der Waals surface area contributed by atoms with Crippen molar-refractivity contribution in [2.24, 2.45) is 0 Å². The van der Waals surface area contributed by atoms with Crippen molar-refractivity contribution in [2.45, 2.75) is 70.4 Å². The minimum absolute atomic E-state index is 0.0394. The maximum absolute atomic E-state index is 13.1. The van der Waals surface area contributed by atoms with Crippen molar-refractivity contribution in [1.82, 2.24) is 14.9 Å². The van der Waals surface area contributed by atoms with Gasteiger partial charge >= 0.3 is 0 Å². The summed E-state index contributed by atoms with van der Waals surface area (Å²) in [5.74, 6) is 0.679. The summed E-state index contributed by atoms with van der Waals surface area (Å²) in [6.45, 7) is 7.10. The van der Waals surface area contributed by atoms with Crippen molar-refractivity contribution in [3.63, 3.8) is 0 Å². The summed E-state index contributed by atoms with van der Waals surface area (Å²) >= 11 is 0. The fraction of sp³-hybridized carbons (Fsp3) is 0.560. The second-order valence-corrected chi connectivity index (χ2v) is 9.11. The fourth-order valence-electron chi connectivity index (χ4n) is 4.73. The third kappa shape index (κ3) is 4.94. The van der Waals surface area contributed by atoms with Gasteiger partial charge in [-0.2, -0.15) is 0 Å². The molecule has 2 aliphatic rings. The average Bonchev–Trinajstić information content (AvgIpc) is 2.80. The van der Waals surface area contributed by atoms with E-state index in [1.807, 2.05) is 44.0 Å². The number of carbonyl (C=O) groups excluding carboxylic acids is 1. The molecule has 32 heavy (non-hydrogen) atoms. The maximum atomic E-state index is 13.1. The quantitative estimate of drug-likeness (QED) is 0.698. The van der Waals surface area contributed by atoms with Crippen molar-refractivity contribution < 1.29 is 19.0 Å². The van der Waals surface area contributed by atoms with Crippen LogP contribution in [0, 0.1) is 6.92 Å². The molecular weight excluding hydrogens is 406 g/mol. The van der Waals surface area contributed by atoms with E-state index < -0.39 is 0 Å². The number of piperidine rings is 1. The van der Waals surface area contributed by atoms with E-state index in [4.69, 9.17) is 14.2 Å². The monoisotopic (exact) mass is 439 g/mol. The van der Waals surface area contributed by atoms with Gasteiger partial charge in [0.05, 0.1) is 29.6 Å². The molecule has 4 heterocycles. The SMILES string of the molecule is COC1CC(c2cccnc2)OC2(CCN(C(=O)c3ccc(OC(C)C)c(C)n3)CC2)C1. The van der Waals surface area contributed by atoms with Crippen molar-refractivity contribution in [3.05, 3.63) is 53.6 Å². The van der Waals surface area contributed by atoms with Crippen LogP contribution in [0.15, 0.2) is 36.7 Å². The number of rotatable bonds is 5. The number of aromatic nitrogens is 2. The van der Waals surface area contributed by atoms with Gasteiger partial charge in [0.2, 0.25) is 0 Å². The lowest BCUT2D eigenvalue weighted by atomic mass is 9.81. The van der Waals surface area contributed by atoms with Gasteiger partial charge in [-0.15, -0.1) is 0 Å². The minimum Gasteiger partial charge on any atom is -0.489 e. The molecule has 1 spiro atoms. The highest BCUT2D eigenvalue weighted by Gasteiger charge is 2.45. The van der Waals surface area contributed by atoms with Crippen LogP contribution in [0.5, 0.6) is 5.75 Å². The first-order valence-electron chi connectivity index (χ1n) is 11.4. The maximum Gasteiger partial charge on any atom is 0.272 e. The summed E-state index contributed by atoms with van der Waals surface area (Å²) < 4.78 is 18.2.